The van der Waals surface area contributed by atoms with Crippen molar-refractivity contribution < 1.29 is 5.11 Å². The summed E-state index contributed by atoms with van der Waals surface area (Å²) in [6.45, 7) is 6.01. The Kier molecular flexibility index (Phi) is 5.50. The maximum atomic E-state index is 9.71. The van der Waals surface area contributed by atoms with Crippen molar-refractivity contribution in [2.24, 2.45) is 5.92 Å². The van der Waals surface area contributed by atoms with E-state index in [-0.39, 0.29) is 6.10 Å². The first-order valence-corrected chi connectivity index (χ1v) is 6.04. The van der Waals surface area contributed by atoms with Gasteiger partial charge in [0.25, 0.3) is 0 Å². The van der Waals surface area contributed by atoms with Crippen molar-refractivity contribution in [2.45, 2.75) is 32.9 Å². The molecule has 1 aromatic rings. The van der Waals surface area contributed by atoms with E-state index in [1.807, 2.05) is 13.0 Å². The minimum Gasteiger partial charge on any atom is -0.393 e. The van der Waals surface area contributed by atoms with E-state index in [2.05, 4.69) is 43.1 Å². The molecule has 0 aromatic heterocycles. The van der Waals surface area contributed by atoms with E-state index < -0.39 is 0 Å². The maximum absolute atomic E-state index is 9.71. The summed E-state index contributed by atoms with van der Waals surface area (Å²) in [5.74, 6) is 0.332. The van der Waals surface area contributed by atoms with Gasteiger partial charge in [-0.1, -0.05) is 44.2 Å². The third-order valence-electron chi connectivity index (χ3n) is 2.97. The molecule has 0 saturated heterocycles. The van der Waals surface area contributed by atoms with E-state index in [0.29, 0.717) is 5.92 Å². The lowest BCUT2D eigenvalue weighted by Gasteiger charge is -2.24. The number of aliphatic hydroxyl groups excluding tert-OH is 1. The van der Waals surface area contributed by atoms with Crippen molar-refractivity contribution in [3.8, 4) is 0 Å². The van der Waals surface area contributed by atoms with Crippen LogP contribution in [-0.4, -0.2) is 29.7 Å². The third-order valence-corrected chi connectivity index (χ3v) is 2.97. The van der Waals surface area contributed by atoms with Crippen LogP contribution in [0.3, 0.4) is 0 Å². The molecule has 1 aromatic carbocycles. The minimum absolute atomic E-state index is 0.182. The van der Waals surface area contributed by atoms with Gasteiger partial charge in [-0.25, -0.2) is 0 Å². The molecule has 0 aliphatic carbocycles. The Morgan fingerprint density at radius 2 is 1.88 bits per heavy atom. The first kappa shape index (κ1) is 13.2. The molecule has 0 saturated carbocycles. The van der Waals surface area contributed by atoms with Gasteiger partial charge in [0.15, 0.2) is 0 Å². The Morgan fingerprint density at radius 1 is 1.25 bits per heavy atom. The number of nitrogens with zero attached hydrogens (tertiary/aromatic N) is 1. The topological polar surface area (TPSA) is 23.5 Å². The Hall–Kier alpha value is -0.860. The van der Waals surface area contributed by atoms with Crippen LogP contribution < -0.4 is 0 Å². The van der Waals surface area contributed by atoms with Gasteiger partial charge in [-0.15, -0.1) is 0 Å². The van der Waals surface area contributed by atoms with Crippen LogP contribution in [0.2, 0.25) is 0 Å². The molecule has 0 fully saturated rings. The first-order chi connectivity index (χ1) is 7.63. The molecule has 1 N–H and O–H groups in total. The van der Waals surface area contributed by atoms with Gasteiger partial charge in [-0.2, -0.15) is 0 Å². The standard InChI is InChI=1S/C14H23NO/c1-4-14(16)12(2)10-15(3)11-13-8-6-5-7-9-13/h5-9,12,14,16H,4,10-11H2,1-3H3. The van der Waals surface area contributed by atoms with Crippen LogP contribution in [0.5, 0.6) is 0 Å². The molecule has 90 valence electrons. The fourth-order valence-electron chi connectivity index (χ4n) is 1.98. The molecule has 0 aliphatic rings. The largest absolute Gasteiger partial charge is 0.393 e. The van der Waals surface area contributed by atoms with Gasteiger partial charge in [-0.05, 0) is 24.9 Å². The number of hydrogen-bond acceptors (Lipinski definition) is 2. The molecule has 0 aliphatic heterocycles. The SMILES string of the molecule is CCC(O)C(C)CN(C)Cc1ccccc1. The predicted molar refractivity (Wildman–Crippen MR) is 68.2 cm³/mol. The fraction of sp³-hybridized carbons (Fsp3) is 0.571. The second-order valence-electron chi connectivity index (χ2n) is 4.64. The highest BCUT2D eigenvalue weighted by molar-refractivity contribution is 5.14. The molecule has 0 spiro atoms. The van der Waals surface area contributed by atoms with Crippen molar-refractivity contribution in [1.82, 2.24) is 4.90 Å². The van der Waals surface area contributed by atoms with Crippen molar-refractivity contribution in [3.05, 3.63) is 35.9 Å². The van der Waals surface area contributed by atoms with Crippen molar-refractivity contribution in [1.29, 1.82) is 0 Å². The number of benzene rings is 1. The quantitative estimate of drug-likeness (QED) is 0.798. The normalized spacial score (nSPS) is 15.1. The van der Waals surface area contributed by atoms with Crippen LogP contribution >= 0.6 is 0 Å². The van der Waals surface area contributed by atoms with E-state index in [0.717, 1.165) is 19.5 Å². The van der Waals surface area contributed by atoms with Gasteiger partial charge in [0.2, 0.25) is 0 Å². The molecule has 1 rings (SSSR count). The number of rotatable bonds is 6. The number of hydrogen-bond donors (Lipinski definition) is 1. The van der Waals surface area contributed by atoms with Crippen LogP contribution in [0, 0.1) is 5.92 Å². The summed E-state index contributed by atoms with van der Waals surface area (Å²) in [6, 6.07) is 10.4. The first-order valence-electron chi connectivity index (χ1n) is 6.04. The summed E-state index contributed by atoms with van der Waals surface area (Å²) >= 11 is 0. The van der Waals surface area contributed by atoms with E-state index >= 15 is 0 Å². The summed E-state index contributed by atoms with van der Waals surface area (Å²) in [5.41, 5.74) is 1.32. The van der Waals surface area contributed by atoms with Gasteiger partial charge in [-0.3, -0.25) is 0 Å². The average molecular weight is 221 g/mol. The third kappa shape index (κ3) is 4.33. The molecular formula is C14H23NO. The molecule has 0 bridgehead atoms. The summed E-state index contributed by atoms with van der Waals surface area (Å²) in [7, 11) is 2.10. The second kappa shape index (κ2) is 6.66. The molecule has 2 atom stereocenters. The van der Waals surface area contributed by atoms with Crippen molar-refractivity contribution in [3.63, 3.8) is 0 Å². The zero-order chi connectivity index (χ0) is 12.0. The minimum atomic E-state index is -0.182. The van der Waals surface area contributed by atoms with Gasteiger partial charge in [0.1, 0.15) is 0 Å². The summed E-state index contributed by atoms with van der Waals surface area (Å²) in [5, 5.41) is 9.71. The lowest BCUT2D eigenvalue weighted by molar-refractivity contribution is 0.0899. The van der Waals surface area contributed by atoms with E-state index in [4.69, 9.17) is 0 Å². The molecule has 0 amide bonds. The average Bonchev–Trinajstić information content (AvgIpc) is 2.29. The highest BCUT2D eigenvalue weighted by Crippen LogP contribution is 2.10. The Bertz CT molecular complexity index is 286. The van der Waals surface area contributed by atoms with Crippen LogP contribution in [0.25, 0.3) is 0 Å². The molecule has 0 heterocycles. The summed E-state index contributed by atoms with van der Waals surface area (Å²) in [4.78, 5) is 2.26. The highest BCUT2D eigenvalue weighted by Gasteiger charge is 2.14. The van der Waals surface area contributed by atoms with Crippen LogP contribution in [0.1, 0.15) is 25.8 Å². The number of aliphatic hydroxyl groups is 1. The predicted octanol–water partition coefficient (Wildman–Crippen LogP) is 2.53. The molecule has 2 heteroatoms. The van der Waals surface area contributed by atoms with E-state index in [1.54, 1.807) is 0 Å². The summed E-state index contributed by atoms with van der Waals surface area (Å²) < 4.78 is 0. The molecule has 2 unspecified atom stereocenters. The lowest BCUT2D eigenvalue weighted by atomic mass is 10.0. The van der Waals surface area contributed by atoms with Crippen LogP contribution in [-0.2, 0) is 6.54 Å². The van der Waals surface area contributed by atoms with Gasteiger partial charge < -0.3 is 10.0 Å². The van der Waals surface area contributed by atoms with Gasteiger partial charge in [0.05, 0.1) is 6.10 Å². The molecule has 16 heavy (non-hydrogen) atoms. The van der Waals surface area contributed by atoms with Gasteiger partial charge in [0, 0.05) is 13.1 Å². The molecular weight excluding hydrogens is 198 g/mol. The van der Waals surface area contributed by atoms with E-state index in [1.165, 1.54) is 5.56 Å². The highest BCUT2D eigenvalue weighted by atomic mass is 16.3. The monoisotopic (exact) mass is 221 g/mol. The zero-order valence-corrected chi connectivity index (χ0v) is 10.6. The second-order valence-corrected chi connectivity index (χ2v) is 4.64. The van der Waals surface area contributed by atoms with Crippen molar-refractivity contribution >= 4 is 0 Å². The van der Waals surface area contributed by atoms with Gasteiger partial charge >= 0.3 is 0 Å². The molecule has 2 nitrogen and oxygen atoms in total. The maximum Gasteiger partial charge on any atom is 0.0575 e. The molecule has 0 radical (unpaired) electrons. The summed E-state index contributed by atoms with van der Waals surface area (Å²) in [6.07, 6.45) is 0.651. The van der Waals surface area contributed by atoms with E-state index in [9.17, 15) is 5.11 Å². The lowest BCUT2D eigenvalue weighted by Crippen LogP contribution is -2.30. The fourth-order valence-corrected chi connectivity index (χ4v) is 1.98. The van der Waals surface area contributed by atoms with Crippen molar-refractivity contribution in [2.75, 3.05) is 13.6 Å². The Morgan fingerprint density at radius 3 is 2.44 bits per heavy atom. The zero-order valence-electron chi connectivity index (χ0n) is 10.6. The van der Waals surface area contributed by atoms with Crippen LogP contribution in [0.4, 0.5) is 0 Å². The van der Waals surface area contributed by atoms with Crippen LogP contribution in [0.15, 0.2) is 30.3 Å². The smallest absolute Gasteiger partial charge is 0.0575 e. The Labute approximate surface area is 98.9 Å². The Balaban J connectivity index is 2.39.